The fourth-order valence-corrected chi connectivity index (χ4v) is 3.77. The highest BCUT2D eigenvalue weighted by atomic mass is 16.5. The van der Waals surface area contributed by atoms with E-state index in [0.29, 0.717) is 32.4 Å². The molecule has 0 aromatic heterocycles. The minimum Gasteiger partial charge on any atom is -0.463 e. The Morgan fingerprint density at radius 1 is 1.11 bits per heavy atom. The number of cyclic esters (lactones) is 1. The molecule has 1 aliphatic heterocycles. The molecule has 0 aliphatic carbocycles. The normalized spacial score (nSPS) is 21.9. The second-order valence-corrected chi connectivity index (χ2v) is 9.97. The van der Waals surface area contributed by atoms with Gasteiger partial charge in [-0.3, -0.25) is 14.4 Å². The first-order chi connectivity index (χ1) is 16.7. The first kappa shape index (κ1) is 28.5. The number of rotatable bonds is 9. The third-order valence-electron chi connectivity index (χ3n) is 6.03. The number of hydrogen-bond donors (Lipinski definition) is 3. The van der Waals surface area contributed by atoms with Crippen molar-refractivity contribution >= 4 is 17.8 Å². The number of carbonyl (C=O) groups excluding carboxylic acids is 3. The molecule has 1 aromatic rings. The third-order valence-corrected chi connectivity index (χ3v) is 6.03. The zero-order valence-corrected chi connectivity index (χ0v) is 21.1. The van der Waals surface area contributed by atoms with Crippen LogP contribution in [0.15, 0.2) is 42.5 Å². The number of allylic oxidation sites excluding steroid dienone is 2. The Bertz CT molecular complexity index is 834. The molecule has 35 heavy (non-hydrogen) atoms. The van der Waals surface area contributed by atoms with Gasteiger partial charge in [0.1, 0.15) is 6.61 Å². The van der Waals surface area contributed by atoms with Crippen LogP contribution in [0.3, 0.4) is 0 Å². The highest BCUT2D eigenvalue weighted by molar-refractivity contribution is 5.86. The molecule has 0 saturated carbocycles. The molecule has 1 heterocycles. The van der Waals surface area contributed by atoms with Crippen molar-refractivity contribution in [3.05, 3.63) is 48.0 Å². The van der Waals surface area contributed by atoms with Gasteiger partial charge < -0.3 is 25.2 Å². The lowest BCUT2D eigenvalue weighted by atomic mass is 9.86. The van der Waals surface area contributed by atoms with Crippen molar-refractivity contribution in [3.63, 3.8) is 0 Å². The molecule has 1 aliphatic rings. The number of esters is 1. The van der Waals surface area contributed by atoms with Crippen molar-refractivity contribution in [2.24, 2.45) is 17.3 Å². The maximum atomic E-state index is 13.1. The molecular formula is C27H40N2O6. The number of aliphatic hydroxyl groups is 1. The first-order valence-corrected chi connectivity index (χ1v) is 12.3. The summed E-state index contributed by atoms with van der Waals surface area (Å²) in [4.78, 5) is 38.5. The molecule has 2 rings (SSSR count). The van der Waals surface area contributed by atoms with Crippen LogP contribution in [0.2, 0.25) is 0 Å². The smallest absolute Gasteiger partial charge is 0.309 e. The Morgan fingerprint density at radius 3 is 2.46 bits per heavy atom. The van der Waals surface area contributed by atoms with Gasteiger partial charge in [0.2, 0.25) is 11.8 Å². The van der Waals surface area contributed by atoms with E-state index in [0.717, 1.165) is 5.56 Å². The number of aliphatic hydroxyl groups excluding tert-OH is 1. The highest BCUT2D eigenvalue weighted by Crippen LogP contribution is 2.23. The quantitative estimate of drug-likeness (QED) is 0.279. The fourth-order valence-electron chi connectivity index (χ4n) is 3.77. The van der Waals surface area contributed by atoms with E-state index >= 15 is 0 Å². The first-order valence-electron chi connectivity index (χ1n) is 12.3. The molecular weight excluding hydrogens is 448 g/mol. The van der Waals surface area contributed by atoms with Gasteiger partial charge in [-0.05, 0) is 30.2 Å². The summed E-state index contributed by atoms with van der Waals surface area (Å²) in [5.74, 6) is -1.62. The number of amides is 2. The van der Waals surface area contributed by atoms with Gasteiger partial charge in [0.05, 0.1) is 37.7 Å². The molecule has 3 N–H and O–H groups in total. The maximum Gasteiger partial charge on any atom is 0.309 e. The van der Waals surface area contributed by atoms with Crippen LogP contribution in [0.1, 0.15) is 45.6 Å². The van der Waals surface area contributed by atoms with Crippen molar-refractivity contribution < 1.29 is 29.0 Å². The topological polar surface area (TPSA) is 114 Å². The molecule has 2 amide bonds. The summed E-state index contributed by atoms with van der Waals surface area (Å²) >= 11 is 0. The summed E-state index contributed by atoms with van der Waals surface area (Å²) in [6.45, 7) is 6.76. The SMILES string of the molecule is CC(C)(C)[C@H]1COC(=O)[C@H](Cc2ccccc2)CC=CC[C@H](CC(=O)NCCOCCO)C(=O)N1. The van der Waals surface area contributed by atoms with E-state index in [1.807, 2.05) is 63.3 Å². The number of carbonyl (C=O) groups is 3. The van der Waals surface area contributed by atoms with Crippen molar-refractivity contribution in [3.8, 4) is 0 Å². The zero-order valence-electron chi connectivity index (χ0n) is 21.1. The van der Waals surface area contributed by atoms with Gasteiger partial charge in [0.25, 0.3) is 0 Å². The molecule has 3 atom stereocenters. The summed E-state index contributed by atoms with van der Waals surface area (Å²) in [6.07, 6.45) is 5.28. The van der Waals surface area contributed by atoms with Gasteiger partial charge in [0, 0.05) is 13.0 Å². The third kappa shape index (κ3) is 10.6. The van der Waals surface area contributed by atoms with E-state index < -0.39 is 12.0 Å². The van der Waals surface area contributed by atoms with Crippen molar-refractivity contribution in [1.82, 2.24) is 10.6 Å². The molecule has 0 unspecified atom stereocenters. The minimum absolute atomic E-state index is 0.0419. The lowest BCUT2D eigenvalue weighted by Gasteiger charge is -2.33. The average molecular weight is 489 g/mol. The summed E-state index contributed by atoms with van der Waals surface area (Å²) < 4.78 is 10.8. The molecule has 0 bridgehead atoms. The van der Waals surface area contributed by atoms with Crippen LogP contribution in [-0.2, 0) is 30.3 Å². The Kier molecular flexibility index (Phi) is 11.9. The lowest BCUT2D eigenvalue weighted by Crippen LogP contribution is -2.50. The summed E-state index contributed by atoms with van der Waals surface area (Å²) in [5.41, 5.74) is 0.718. The summed E-state index contributed by atoms with van der Waals surface area (Å²) in [7, 11) is 0. The predicted octanol–water partition coefficient (Wildman–Crippen LogP) is 2.40. The van der Waals surface area contributed by atoms with E-state index in [1.54, 1.807) is 0 Å². The van der Waals surface area contributed by atoms with Crippen molar-refractivity contribution in [2.45, 2.75) is 52.5 Å². The van der Waals surface area contributed by atoms with Crippen LogP contribution < -0.4 is 10.6 Å². The Labute approximate surface area is 208 Å². The highest BCUT2D eigenvalue weighted by Gasteiger charge is 2.32. The molecule has 8 nitrogen and oxygen atoms in total. The Morgan fingerprint density at radius 2 is 1.80 bits per heavy atom. The average Bonchev–Trinajstić information content (AvgIpc) is 2.81. The van der Waals surface area contributed by atoms with Crippen LogP contribution in [0, 0.1) is 17.3 Å². The van der Waals surface area contributed by atoms with Gasteiger partial charge >= 0.3 is 5.97 Å². The number of ether oxygens (including phenoxy) is 2. The molecule has 8 heteroatoms. The van der Waals surface area contributed by atoms with Gasteiger partial charge in [-0.2, -0.15) is 0 Å². The van der Waals surface area contributed by atoms with Crippen LogP contribution in [0.5, 0.6) is 0 Å². The Balaban J connectivity index is 2.11. The maximum absolute atomic E-state index is 13.1. The second-order valence-electron chi connectivity index (χ2n) is 9.97. The molecule has 1 aromatic carbocycles. The predicted molar refractivity (Wildman–Crippen MR) is 133 cm³/mol. The van der Waals surface area contributed by atoms with E-state index in [4.69, 9.17) is 14.6 Å². The monoisotopic (exact) mass is 488 g/mol. The largest absolute Gasteiger partial charge is 0.463 e. The number of nitrogens with one attached hydrogen (secondary N) is 2. The standard InChI is InChI=1S/C27H40N2O6/c1-27(2,3)23-19-35-26(33)22(17-20-9-5-4-6-10-20)12-8-7-11-21(25(32)29-23)18-24(31)28-13-15-34-16-14-30/h4-10,21-23,30H,11-19H2,1-3H3,(H,28,31)(H,29,32)/t21-,22+,23-/m1/s1. The van der Waals surface area contributed by atoms with Crippen LogP contribution in [-0.4, -0.2) is 61.9 Å². The molecule has 194 valence electrons. The summed E-state index contributed by atoms with van der Waals surface area (Å²) in [5, 5.41) is 14.5. The summed E-state index contributed by atoms with van der Waals surface area (Å²) in [6, 6.07) is 9.44. The van der Waals surface area contributed by atoms with E-state index in [-0.39, 0.29) is 55.4 Å². The fraction of sp³-hybridized carbons (Fsp3) is 0.593. The van der Waals surface area contributed by atoms with Crippen LogP contribution >= 0.6 is 0 Å². The second kappa shape index (κ2) is 14.6. The molecule has 0 spiro atoms. The molecule has 0 saturated heterocycles. The number of hydrogen-bond acceptors (Lipinski definition) is 6. The Hall–Kier alpha value is -2.71. The van der Waals surface area contributed by atoms with Gasteiger partial charge in [0.15, 0.2) is 0 Å². The van der Waals surface area contributed by atoms with Crippen molar-refractivity contribution in [1.29, 1.82) is 0 Å². The van der Waals surface area contributed by atoms with E-state index in [2.05, 4.69) is 10.6 Å². The van der Waals surface area contributed by atoms with Gasteiger partial charge in [-0.25, -0.2) is 0 Å². The van der Waals surface area contributed by atoms with E-state index in [1.165, 1.54) is 0 Å². The molecule has 0 fully saturated rings. The van der Waals surface area contributed by atoms with Crippen molar-refractivity contribution in [2.75, 3.05) is 33.0 Å². The molecule has 0 radical (unpaired) electrons. The van der Waals surface area contributed by atoms with Crippen LogP contribution in [0.4, 0.5) is 0 Å². The van der Waals surface area contributed by atoms with Gasteiger partial charge in [-0.1, -0.05) is 63.3 Å². The van der Waals surface area contributed by atoms with Gasteiger partial charge in [-0.15, -0.1) is 0 Å². The van der Waals surface area contributed by atoms with E-state index in [9.17, 15) is 14.4 Å². The minimum atomic E-state index is -0.544. The lowest BCUT2D eigenvalue weighted by molar-refractivity contribution is -0.151. The number of benzene rings is 1. The zero-order chi connectivity index (χ0) is 25.7. The van der Waals surface area contributed by atoms with Crippen LogP contribution in [0.25, 0.3) is 0 Å².